The molecule has 1 aromatic heterocycles. The fraction of sp³-hybridized carbons (Fsp3) is 0.0385. The van der Waals surface area contributed by atoms with E-state index in [1.807, 2.05) is 60.7 Å². The number of amides is 1. The van der Waals surface area contributed by atoms with Gasteiger partial charge in [-0.2, -0.15) is 0 Å². The highest BCUT2D eigenvalue weighted by Crippen LogP contribution is 2.39. The molecule has 5 rings (SSSR count). The van der Waals surface area contributed by atoms with Gasteiger partial charge in [0.2, 0.25) is 5.91 Å². The maximum absolute atomic E-state index is 12.2. The maximum Gasteiger partial charge on any atom is 0.249 e. The SMILES string of the molecule is NC(=O)c1cccc2c1c1[c]cc(-c3c(Cl)cccc3Cl)cc1n2Cc1ccccc1Br. The Hall–Kier alpha value is -2.79. The molecule has 0 unspecified atom stereocenters. The monoisotopic (exact) mass is 521 g/mol. The molecule has 0 fully saturated rings. The average molecular weight is 523 g/mol. The van der Waals surface area contributed by atoms with Crippen LogP contribution in [0.5, 0.6) is 0 Å². The van der Waals surface area contributed by atoms with E-state index in [9.17, 15) is 4.79 Å². The molecule has 0 bridgehead atoms. The molecule has 3 nitrogen and oxygen atoms in total. The summed E-state index contributed by atoms with van der Waals surface area (Å²) >= 11 is 16.6. The smallest absolute Gasteiger partial charge is 0.249 e. The summed E-state index contributed by atoms with van der Waals surface area (Å²) in [7, 11) is 0. The molecule has 0 aliphatic carbocycles. The van der Waals surface area contributed by atoms with Gasteiger partial charge in [0.15, 0.2) is 0 Å². The third-order valence-corrected chi connectivity index (χ3v) is 7.00. The van der Waals surface area contributed by atoms with E-state index in [1.54, 1.807) is 6.07 Å². The van der Waals surface area contributed by atoms with E-state index < -0.39 is 5.91 Å². The molecule has 0 saturated heterocycles. The Kier molecular flexibility index (Phi) is 5.46. The molecule has 4 aromatic carbocycles. The molecule has 1 radical (unpaired) electrons. The van der Waals surface area contributed by atoms with Crippen LogP contribution in [0.4, 0.5) is 0 Å². The third kappa shape index (κ3) is 3.49. The summed E-state index contributed by atoms with van der Waals surface area (Å²) in [5, 5.41) is 2.75. The zero-order chi connectivity index (χ0) is 22.4. The lowest BCUT2D eigenvalue weighted by Crippen LogP contribution is -2.11. The summed E-state index contributed by atoms with van der Waals surface area (Å²) < 4.78 is 3.18. The molecular weight excluding hydrogens is 507 g/mol. The van der Waals surface area contributed by atoms with Gasteiger partial charge < -0.3 is 10.3 Å². The second-order valence-electron chi connectivity index (χ2n) is 7.49. The van der Waals surface area contributed by atoms with Crippen LogP contribution in [0.3, 0.4) is 0 Å². The highest BCUT2D eigenvalue weighted by atomic mass is 79.9. The molecule has 0 saturated carbocycles. The molecule has 32 heavy (non-hydrogen) atoms. The van der Waals surface area contributed by atoms with E-state index in [-0.39, 0.29) is 0 Å². The lowest BCUT2D eigenvalue weighted by molar-refractivity contribution is 0.100. The van der Waals surface area contributed by atoms with E-state index in [1.165, 1.54) is 0 Å². The molecule has 1 heterocycles. The summed E-state index contributed by atoms with van der Waals surface area (Å²) in [6, 6.07) is 26.4. The van der Waals surface area contributed by atoms with Crippen LogP contribution in [0.15, 0.2) is 77.3 Å². The number of rotatable bonds is 4. The second kappa shape index (κ2) is 8.28. The third-order valence-electron chi connectivity index (χ3n) is 5.60. The first kappa shape index (κ1) is 21.1. The highest BCUT2D eigenvalue weighted by molar-refractivity contribution is 9.10. The Balaban J connectivity index is 1.85. The average Bonchev–Trinajstić information content (AvgIpc) is 3.08. The van der Waals surface area contributed by atoms with Crippen molar-refractivity contribution in [1.82, 2.24) is 4.57 Å². The Bertz CT molecular complexity index is 1500. The van der Waals surface area contributed by atoms with Crippen molar-refractivity contribution in [3.05, 3.63) is 105 Å². The largest absolute Gasteiger partial charge is 0.366 e. The number of nitrogens with zero attached hydrogens (tertiary/aromatic N) is 1. The first-order valence-corrected chi connectivity index (χ1v) is 11.4. The normalized spacial score (nSPS) is 11.3. The fourth-order valence-corrected chi connectivity index (χ4v) is 5.17. The van der Waals surface area contributed by atoms with Crippen LogP contribution < -0.4 is 5.73 Å². The number of nitrogens with two attached hydrogens (primary N) is 1. The van der Waals surface area contributed by atoms with Gasteiger partial charge in [-0.25, -0.2) is 0 Å². The zero-order valence-electron chi connectivity index (χ0n) is 16.7. The Morgan fingerprint density at radius 1 is 0.969 bits per heavy atom. The number of primary amides is 1. The number of fused-ring (bicyclic) bond motifs is 3. The number of hydrogen-bond acceptors (Lipinski definition) is 1. The molecule has 0 atom stereocenters. The van der Waals surface area contributed by atoms with Gasteiger partial charge in [0.1, 0.15) is 0 Å². The van der Waals surface area contributed by atoms with E-state index in [2.05, 4.69) is 32.6 Å². The van der Waals surface area contributed by atoms with Gasteiger partial charge in [-0.1, -0.05) is 69.5 Å². The van der Waals surface area contributed by atoms with Crippen molar-refractivity contribution in [2.45, 2.75) is 6.54 Å². The lowest BCUT2D eigenvalue weighted by Gasteiger charge is -2.11. The van der Waals surface area contributed by atoms with E-state index in [0.717, 1.165) is 43.0 Å². The Labute approximate surface area is 203 Å². The van der Waals surface area contributed by atoms with Gasteiger partial charge in [0.05, 0.1) is 11.0 Å². The van der Waals surface area contributed by atoms with Crippen molar-refractivity contribution in [3.63, 3.8) is 0 Å². The summed E-state index contributed by atoms with van der Waals surface area (Å²) in [6.45, 7) is 0.594. The van der Waals surface area contributed by atoms with Crippen LogP contribution >= 0.6 is 39.1 Å². The number of aromatic nitrogens is 1. The van der Waals surface area contributed by atoms with Crippen LogP contribution in [0.2, 0.25) is 10.0 Å². The van der Waals surface area contributed by atoms with Crippen molar-refractivity contribution in [2.75, 3.05) is 0 Å². The first-order chi connectivity index (χ1) is 15.5. The minimum atomic E-state index is -0.470. The molecule has 0 aliphatic heterocycles. The van der Waals surface area contributed by atoms with Gasteiger partial charge in [0, 0.05) is 43.0 Å². The van der Waals surface area contributed by atoms with Crippen molar-refractivity contribution in [1.29, 1.82) is 0 Å². The Morgan fingerprint density at radius 2 is 1.69 bits per heavy atom. The molecule has 0 aliphatic rings. The van der Waals surface area contributed by atoms with Crippen molar-refractivity contribution >= 4 is 66.8 Å². The number of carbonyl (C=O) groups is 1. The number of hydrogen-bond donors (Lipinski definition) is 1. The number of carbonyl (C=O) groups excluding carboxylic acids is 1. The van der Waals surface area contributed by atoms with Gasteiger partial charge >= 0.3 is 0 Å². The van der Waals surface area contributed by atoms with Crippen LogP contribution in [0, 0.1) is 6.07 Å². The van der Waals surface area contributed by atoms with Gasteiger partial charge in [-0.05, 0) is 59.7 Å². The summed E-state index contributed by atoms with van der Waals surface area (Å²) in [5.41, 5.74) is 10.7. The van der Waals surface area contributed by atoms with Crippen LogP contribution in [0.1, 0.15) is 15.9 Å². The molecule has 157 valence electrons. The van der Waals surface area contributed by atoms with Crippen molar-refractivity contribution < 1.29 is 4.79 Å². The molecular formula is C26H16BrCl2N2O. The fourth-order valence-electron chi connectivity index (χ4n) is 4.15. The predicted octanol–water partition coefficient (Wildman–Crippen LogP) is 7.48. The van der Waals surface area contributed by atoms with Gasteiger partial charge in [-0.3, -0.25) is 4.79 Å². The molecule has 5 aromatic rings. The number of benzene rings is 4. The standard InChI is InChI=1S/C26H16BrCl2N2O/c27-19-7-2-1-5-16(19)14-31-22-10-3-6-18(26(30)32)25(22)17-12-11-15(13-23(17)31)24-20(28)8-4-9-21(24)29/h1-11,13H,14H2,(H2,30,32). The molecule has 0 spiro atoms. The van der Waals surface area contributed by atoms with Crippen LogP contribution in [-0.2, 0) is 6.54 Å². The highest BCUT2D eigenvalue weighted by Gasteiger charge is 2.19. The quantitative estimate of drug-likeness (QED) is 0.261. The van der Waals surface area contributed by atoms with Crippen molar-refractivity contribution in [3.8, 4) is 11.1 Å². The lowest BCUT2D eigenvalue weighted by atomic mass is 10.0. The minimum Gasteiger partial charge on any atom is -0.366 e. The summed E-state index contributed by atoms with van der Waals surface area (Å²) in [4.78, 5) is 12.2. The zero-order valence-corrected chi connectivity index (χ0v) is 19.8. The van der Waals surface area contributed by atoms with Gasteiger partial charge in [-0.15, -0.1) is 0 Å². The summed E-state index contributed by atoms with van der Waals surface area (Å²) in [6.07, 6.45) is 0. The topological polar surface area (TPSA) is 48.0 Å². The van der Waals surface area contributed by atoms with Crippen molar-refractivity contribution in [2.24, 2.45) is 5.73 Å². The van der Waals surface area contributed by atoms with E-state index in [0.29, 0.717) is 22.2 Å². The van der Waals surface area contributed by atoms with Gasteiger partial charge in [0.25, 0.3) is 0 Å². The first-order valence-electron chi connectivity index (χ1n) is 9.90. The molecule has 2 N–H and O–H groups in total. The second-order valence-corrected chi connectivity index (χ2v) is 9.16. The van der Waals surface area contributed by atoms with E-state index >= 15 is 0 Å². The predicted molar refractivity (Wildman–Crippen MR) is 135 cm³/mol. The minimum absolute atomic E-state index is 0.470. The maximum atomic E-state index is 12.2. The molecule has 1 amide bonds. The van der Waals surface area contributed by atoms with E-state index in [4.69, 9.17) is 28.9 Å². The number of halogens is 3. The Morgan fingerprint density at radius 3 is 2.41 bits per heavy atom. The summed E-state index contributed by atoms with van der Waals surface area (Å²) in [5.74, 6) is -0.470. The van der Waals surface area contributed by atoms with Crippen LogP contribution in [0.25, 0.3) is 32.9 Å². The molecule has 6 heteroatoms. The van der Waals surface area contributed by atoms with Crippen LogP contribution in [-0.4, -0.2) is 10.5 Å².